The van der Waals surface area contributed by atoms with Crippen LogP contribution in [0.15, 0.2) is 21.9 Å². The molecule has 11 nitrogen and oxygen atoms in total. The lowest BCUT2D eigenvalue weighted by molar-refractivity contribution is -0.793. The summed E-state index contributed by atoms with van der Waals surface area (Å²) in [4.78, 5) is 34.1. The maximum atomic E-state index is 13.1. The topological polar surface area (TPSA) is 150 Å². The minimum absolute atomic E-state index is 0.163. The highest BCUT2D eigenvalue weighted by Gasteiger charge is 2.54. The Labute approximate surface area is 188 Å². The normalized spacial score (nSPS) is 21.8. The van der Waals surface area contributed by atoms with E-state index >= 15 is 0 Å². The maximum absolute atomic E-state index is 13.1. The zero-order valence-corrected chi connectivity index (χ0v) is 19.0. The van der Waals surface area contributed by atoms with Gasteiger partial charge in [-0.15, -0.1) is 11.8 Å². The van der Waals surface area contributed by atoms with Crippen LogP contribution in [-0.4, -0.2) is 64.8 Å². The Morgan fingerprint density at radius 1 is 1.44 bits per heavy atom. The van der Waals surface area contributed by atoms with Crippen LogP contribution in [0.1, 0.15) is 33.6 Å². The monoisotopic (exact) mass is 460 g/mol. The molecule has 3 atom stereocenters. The third-order valence-corrected chi connectivity index (χ3v) is 7.36. The predicted octanol–water partition coefficient (Wildman–Crippen LogP) is 3.02. The van der Waals surface area contributed by atoms with Gasteiger partial charge in [0.15, 0.2) is 17.3 Å². The average molecular weight is 461 g/mol. The predicted molar refractivity (Wildman–Crippen MR) is 118 cm³/mol. The number of anilines is 1. The van der Waals surface area contributed by atoms with Crippen LogP contribution in [0.5, 0.6) is 0 Å². The van der Waals surface area contributed by atoms with Gasteiger partial charge in [0.2, 0.25) is 0 Å². The van der Waals surface area contributed by atoms with Gasteiger partial charge in [0, 0.05) is 25.1 Å². The number of carbonyl (C=O) groups is 2. The fourth-order valence-electron chi connectivity index (χ4n) is 4.40. The molecule has 1 aliphatic heterocycles. The number of nitrogens with zero attached hydrogens (tertiary/aromatic N) is 6. The number of nitrogens with two attached hydrogens (primary N) is 1. The minimum atomic E-state index is -1.06. The highest BCUT2D eigenvalue weighted by atomic mass is 32.2. The summed E-state index contributed by atoms with van der Waals surface area (Å²) in [6, 6.07) is 1.69. The second kappa shape index (κ2) is 8.51. The number of hydrogen-bond donors (Lipinski definition) is 2. The lowest BCUT2D eigenvalue weighted by Crippen LogP contribution is -2.60. The van der Waals surface area contributed by atoms with Crippen molar-refractivity contribution in [2.75, 3.05) is 18.0 Å². The molecule has 3 aromatic rings. The molecule has 12 heteroatoms. The zero-order valence-electron chi connectivity index (χ0n) is 18.2. The van der Waals surface area contributed by atoms with Gasteiger partial charge in [-0.1, -0.05) is 0 Å². The van der Waals surface area contributed by atoms with Crippen LogP contribution >= 0.6 is 11.8 Å². The van der Waals surface area contributed by atoms with Crippen molar-refractivity contribution in [2.45, 2.75) is 51.2 Å². The molecule has 0 bridgehead atoms. The number of carbonyl (C=O) groups excluding carboxylic acids is 1. The number of thioether (sulfide) groups is 1. The number of imide groups is 1. The number of rotatable bonds is 6. The first-order valence-corrected chi connectivity index (χ1v) is 11.5. The summed E-state index contributed by atoms with van der Waals surface area (Å²) >= 11 is 1.42. The lowest BCUT2D eigenvalue weighted by Gasteiger charge is -2.31. The van der Waals surface area contributed by atoms with E-state index in [0.29, 0.717) is 35.9 Å². The van der Waals surface area contributed by atoms with Crippen molar-refractivity contribution in [1.82, 2.24) is 24.8 Å². The SMILES string of the molecule is CCn1c(-c2nonc2N)nc2cnc(SC[C@@H](C)C(=O)[N+]3(C(=O)O)CCC[C@H]3C)cc21. The Morgan fingerprint density at radius 2 is 2.22 bits per heavy atom. The Balaban J connectivity index is 1.55. The van der Waals surface area contributed by atoms with E-state index in [1.807, 2.05) is 24.5 Å². The first kappa shape index (κ1) is 22.2. The van der Waals surface area contributed by atoms with Crippen LogP contribution in [0.2, 0.25) is 0 Å². The number of pyridine rings is 1. The van der Waals surface area contributed by atoms with Crippen molar-refractivity contribution >= 4 is 40.6 Å². The fourth-order valence-corrected chi connectivity index (χ4v) is 5.28. The number of hydrogen-bond acceptors (Lipinski definition) is 9. The molecule has 0 aromatic carbocycles. The van der Waals surface area contributed by atoms with E-state index in [4.69, 9.17) is 10.4 Å². The molecule has 1 fully saturated rings. The number of amides is 2. The molecule has 3 N–H and O–H groups in total. The summed E-state index contributed by atoms with van der Waals surface area (Å²) in [5.41, 5.74) is 7.74. The van der Waals surface area contributed by atoms with Gasteiger partial charge < -0.3 is 15.4 Å². The van der Waals surface area contributed by atoms with Crippen molar-refractivity contribution < 1.29 is 23.8 Å². The fraction of sp³-hybridized carbons (Fsp3) is 0.500. The van der Waals surface area contributed by atoms with Crippen LogP contribution in [0, 0.1) is 5.92 Å². The smallest absolute Gasteiger partial charge is 0.435 e. The molecule has 4 heterocycles. The maximum Gasteiger partial charge on any atom is 0.521 e. The summed E-state index contributed by atoms with van der Waals surface area (Å²) in [5, 5.41) is 18.0. The van der Waals surface area contributed by atoms with Gasteiger partial charge in [0.05, 0.1) is 29.2 Å². The highest BCUT2D eigenvalue weighted by molar-refractivity contribution is 7.99. The third-order valence-electron chi connectivity index (χ3n) is 6.17. The summed E-state index contributed by atoms with van der Waals surface area (Å²) in [6.07, 6.45) is 2.09. The first-order valence-electron chi connectivity index (χ1n) is 10.5. The summed E-state index contributed by atoms with van der Waals surface area (Å²) in [7, 11) is 0. The number of aromatic nitrogens is 5. The molecule has 4 rings (SSSR count). The molecule has 32 heavy (non-hydrogen) atoms. The van der Waals surface area contributed by atoms with E-state index < -0.39 is 16.5 Å². The number of aryl methyl sites for hydroxylation is 1. The van der Waals surface area contributed by atoms with Crippen LogP contribution in [0.25, 0.3) is 22.6 Å². The average Bonchev–Trinajstić information content (AvgIpc) is 3.47. The highest BCUT2D eigenvalue weighted by Crippen LogP contribution is 2.33. The summed E-state index contributed by atoms with van der Waals surface area (Å²) in [5.74, 6) is 0.471. The Bertz CT molecular complexity index is 1180. The summed E-state index contributed by atoms with van der Waals surface area (Å²) in [6.45, 7) is 6.59. The number of carboxylic acid groups (broad SMARTS) is 1. The Hall–Kier alpha value is -2.99. The number of imidazole rings is 1. The molecule has 2 amide bonds. The molecule has 0 spiro atoms. The standard InChI is InChI=1S/C20H25N7O4S/c1-4-26-14-8-15(22-9-13(14)23-18(26)16-17(21)25-31-24-16)32-10-11(2)19(28)27(20(29)30)7-5-6-12(27)3/h8-9,11-12H,4-7,10H2,1-3H3,(H2-,21,25,29,30)/p+1/t11-,12-,27?/m1/s1. The first-order chi connectivity index (χ1) is 15.3. The molecule has 0 radical (unpaired) electrons. The zero-order chi connectivity index (χ0) is 23.0. The number of quaternary nitrogens is 1. The number of fused-ring (bicyclic) bond motifs is 1. The van der Waals surface area contributed by atoms with Crippen molar-refractivity contribution in [3.63, 3.8) is 0 Å². The number of likely N-dealkylation sites (tertiary alicyclic amines) is 1. The molecule has 0 aliphatic carbocycles. The van der Waals surface area contributed by atoms with Gasteiger partial charge >= 0.3 is 12.0 Å². The van der Waals surface area contributed by atoms with Crippen LogP contribution < -0.4 is 5.73 Å². The van der Waals surface area contributed by atoms with E-state index in [2.05, 4.69) is 20.3 Å². The molecule has 1 unspecified atom stereocenters. The van der Waals surface area contributed by atoms with Crippen LogP contribution in [-0.2, 0) is 11.3 Å². The van der Waals surface area contributed by atoms with Crippen molar-refractivity contribution in [2.24, 2.45) is 5.92 Å². The quantitative estimate of drug-likeness (QED) is 0.415. The second-order valence-electron chi connectivity index (χ2n) is 8.11. The van der Waals surface area contributed by atoms with E-state index in [1.165, 1.54) is 11.8 Å². The van der Waals surface area contributed by atoms with Gasteiger partial charge in [-0.3, -0.25) is 0 Å². The number of nitrogen functional groups attached to an aromatic ring is 1. The van der Waals surface area contributed by atoms with Crippen molar-refractivity contribution in [3.05, 3.63) is 12.3 Å². The van der Waals surface area contributed by atoms with Crippen molar-refractivity contribution in [3.8, 4) is 11.5 Å². The van der Waals surface area contributed by atoms with E-state index in [9.17, 15) is 14.7 Å². The molecule has 1 saturated heterocycles. The van der Waals surface area contributed by atoms with E-state index in [1.54, 1.807) is 13.1 Å². The lowest BCUT2D eigenvalue weighted by atomic mass is 10.1. The van der Waals surface area contributed by atoms with Gasteiger partial charge in [0.25, 0.3) is 0 Å². The Morgan fingerprint density at radius 3 is 2.81 bits per heavy atom. The second-order valence-corrected chi connectivity index (χ2v) is 9.15. The van der Waals surface area contributed by atoms with Gasteiger partial charge in [0.1, 0.15) is 11.6 Å². The summed E-state index contributed by atoms with van der Waals surface area (Å²) < 4.78 is 6.18. The molecule has 170 valence electrons. The molecular weight excluding hydrogens is 434 g/mol. The minimum Gasteiger partial charge on any atom is -0.435 e. The van der Waals surface area contributed by atoms with Gasteiger partial charge in [-0.05, 0) is 37.2 Å². The van der Waals surface area contributed by atoms with Crippen LogP contribution in [0.3, 0.4) is 0 Å². The largest absolute Gasteiger partial charge is 0.521 e. The van der Waals surface area contributed by atoms with E-state index in [-0.39, 0.29) is 17.8 Å². The third kappa shape index (κ3) is 3.52. The Kier molecular flexibility index (Phi) is 5.91. The van der Waals surface area contributed by atoms with Crippen LogP contribution in [0.4, 0.5) is 10.6 Å². The molecule has 1 aliphatic rings. The van der Waals surface area contributed by atoms with Crippen molar-refractivity contribution in [1.29, 1.82) is 0 Å². The van der Waals surface area contributed by atoms with Gasteiger partial charge in [-0.25, -0.2) is 19.4 Å². The molecule has 3 aromatic heterocycles. The molecule has 0 saturated carbocycles. The van der Waals surface area contributed by atoms with E-state index in [0.717, 1.165) is 23.4 Å². The van der Waals surface area contributed by atoms with Gasteiger partial charge in [-0.2, -0.15) is 9.28 Å². The molecular formula is C20H26N7O4S+.